The Morgan fingerprint density at radius 3 is 3.00 bits per heavy atom. The van der Waals surface area contributed by atoms with Crippen molar-refractivity contribution in [1.82, 2.24) is 5.32 Å². The van der Waals surface area contributed by atoms with Crippen LogP contribution in [0.5, 0.6) is 0 Å². The number of amides is 1. The fourth-order valence-corrected chi connectivity index (χ4v) is 1.70. The van der Waals surface area contributed by atoms with Crippen molar-refractivity contribution < 1.29 is 4.79 Å². The van der Waals surface area contributed by atoms with Crippen LogP contribution in [-0.4, -0.2) is 19.0 Å². The number of benzene rings is 1. The Bertz CT molecular complexity index is 422. The van der Waals surface area contributed by atoms with Gasteiger partial charge in [-0.3, -0.25) is 9.69 Å². The monoisotopic (exact) mass is 201 g/mol. The Balaban J connectivity index is 2.43. The molecule has 0 aromatic heterocycles. The number of nitrogens with zero attached hydrogens (tertiary/aromatic N) is 2. The van der Waals surface area contributed by atoms with Gasteiger partial charge in [-0.1, -0.05) is 18.2 Å². The minimum atomic E-state index is -0.0542. The zero-order valence-electron chi connectivity index (χ0n) is 8.23. The molecule has 0 unspecified atom stereocenters. The van der Waals surface area contributed by atoms with E-state index in [4.69, 9.17) is 5.26 Å². The SMILES string of the molecule is N#CCN1C(=O)CNCc2ccccc21. The van der Waals surface area contributed by atoms with Crippen LogP contribution in [0.1, 0.15) is 5.56 Å². The first-order valence-electron chi connectivity index (χ1n) is 4.79. The maximum absolute atomic E-state index is 11.7. The third-order valence-corrected chi connectivity index (χ3v) is 2.40. The second-order valence-electron chi connectivity index (χ2n) is 3.37. The highest BCUT2D eigenvalue weighted by Crippen LogP contribution is 2.21. The van der Waals surface area contributed by atoms with Crippen molar-refractivity contribution in [2.75, 3.05) is 18.0 Å². The van der Waals surface area contributed by atoms with Gasteiger partial charge < -0.3 is 5.32 Å². The molecule has 1 aromatic rings. The van der Waals surface area contributed by atoms with E-state index in [0.29, 0.717) is 6.54 Å². The normalized spacial score (nSPS) is 15.4. The molecule has 76 valence electrons. The van der Waals surface area contributed by atoms with Gasteiger partial charge in [0.15, 0.2) is 0 Å². The molecule has 0 aliphatic carbocycles. The van der Waals surface area contributed by atoms with Crippen LogP contribution in [0.2, 0.25) is 0 Å². The number of hydrogen-bond acceptors (Lipinski definition) is 3. The molecule has 1 aromatic carbocycles. The van der Waals surface area contributed by atoms with Crippen molar-refractivity contribution in [2.24, 2.45) is 0 Å². The molecule has 0 saturated carbocycles. The first kappa shape index (κ1) is 9.69. The molecule has 1 N–H and O–H groups in total. The molecule has 0 fully saturated rings. The van der Waals surface area contributed by atoms with E-state index in [-0.39, 0.29) is 19.0 Å². The van der Waals surface area contributed by atoms with E-state index in [1.54, 1.807) is 0 Å². The average molecular weight is 201 g/mol. The number of carbonyl (C=O) groups excluding carboxylic acids is 1. The predicted molar refractivity (Wildman–Crippen MR) is 56.1 cm³/mol. The van der Waals surface area contributed by atoms with Gasteiger partial charge in [-0.15, -0.1) is 0 Å². The quantitative estimate of drug-likeness (QED) is 0.678. The van der Waals surface area contributed by atoms with Crippen LogP contribution in [-0.2, 0) is 11.3 Å². The first-order chi connectivity index (χ1) is 7.33. The number of carbonyl (C=O) groups is 1. The van der Waals surface area contributed by atoms with E-state index < -0.39 is 0 Å². The summed E-state index contributed by atoms with van der Waals surface area (Å²) < 4.78 is 0. The number of fused-ring (bicyclic) bond motifs is 1. The average Bonchev–Trinajstić information content (AvgIpc) is 2.40. The largest absolute Gasteiger partial charge is 0.304 e. The Labute approximate surface area is 88.1 Å². The van der Waals surface area contributed by atoms with Gasteiger partial charge in [-0.25, -0.2) is 0 Å². The molecule has 0 saturated heterocycles. The van der Waals surface area contributed by atoms with Crippen molar-refractivity contribution >= 4 is 11.6 Å². The predicted octanol–water partition coefficient (Wildman–Crippen LogP) is 0.646. The van der Waals surface area contributed by atoms with E-state index >= 15 is 0 Å². The summed E-state index contributed by atoms with van der Waals surface area (Å²) in [6.07, 6.45) is 0. The van der Waals surface area contributed by atoms with E-state index in [1.165, 1.54) is 4.90 Å². The number of nitrogens with one attached hydrogen (secondary N) is 1. The van der Waals surface area contributed by atoms with Crippen LogP contribution in [0.15, 0.2) is 24.3 Å². The van der Waals surface area contributed by atoms with Crippen molar-refractivity contribution in [3.8, 4) is 6.07 Å². The van der Waals surface area contributed by atoms with Gasteiger partial charge in [0, 0.05) is 12.2 Å². The standard InChI is InChI=1S/C11H11N3O/c12-5-6-14-10-4-2-1-3-9(10)7-13-8-11(14)15/h1-4,13H,6-8H2. The molecule has 0 spiro atoms. The summed E-state index contributed by atoms with van der Waals surface area (Å²) in [5, 5.41) is 11.7. The Hall–Kier alpha value is -1.86. The summed E-state index contributed by atoms with van der Waals surface area (Å²) in [6.45, 7) is 1.07. The summed E-state index contributed by atoms with van der Waals surface area (Å²) in [6, 6.07) is 9.66. The van der Waals surface area contributed by atoms with Crippen LogP contribution in [0, 0.1) is 11.3 Å². The molecular formula is C11H11N3O. The Morgan fingerprint density at radius 1 is 1.40 bits per heavy atom. The van der Waals surface area contributed by atoms with Crippen LogP contribution in [0.25, 0.3) is 0 Å². The highest BCUT2D eigenvalue weighted by molar-refractivity contribution is 5.96. The third kappa shape index (κ3) is 1.83. The first-order valence-corrected chi connectivity index (χ1v) is 4.79. The molecule has 1 aliphatic rings. The molecule has 4 nitrogen and oxygen atoms in total. The minimum absolute atomic E-state index is 0.0542. The summed E-state index contributed by atoms with van der Waals surface area (Å²) in [5.41, 5.74) is 1.90. The Kier molecular flexibility index (Phi) is 2.66. The number of anilines is 1. The van der Waals surface area contributed by atoms with E-state index in [0.717, 1.165) is 11.3 Å². The highest BCUT2D eigenvalue weighted by atomic mass is 16.2. The lowest BCUT2D eigenvalue weighted by atomic mass is 10.1. The highest BCUT2D eigenvalue weighted by Gasteiger charge is 2.20. The molecule has 1 aliphatic heterocycles. The van der Waals surface area contributed by atoms with Gasteiger partial charge in [0.05, 0.1) is 12.6 Å². The van der Waals surface area contributed by atoms with Gasteiger partial charge in [0.2, 0.25) is 5.91 Å². The van der Waals surface area contributed by atoms with Crippen molar-refractivity contribution in [2.45, 2.75) is 6.54 Å². The zero-order valence-corrected chi connectivity index (χ0v) is 8.23. The van der Waals surface area contributed by atoms with Gasteiger partial charge >= 0.3 is 0 Å². The molecule has 1 amide bonds. The fraction of sp³-hybridized carbons (Fsp3) is 0.273. The number of nitriles is 1. The molecule has 2 rings (SSSR count). The molecule has 1 heterocycles. The Morgan fingerprint density at radius 2 is 2.20 bits per heavy atom. The van der Waals surface area contributed by atoms with Gasteiger partial charge in [-0.05, 0) is 11.6 Å². The molecule has 4 heteroatoms. The third-order valence-electron chi connectivity index (χ3n) is 2.40. The lowest BCUT2D eigenvalue weighted by Crippen LogP contribution is -2.35. The fourth-order valence-electron chi connectivity index (χ4n) is 1.70. The summed E-state index contributed by atoms with van der Waals surface area (Å²) in [5.74, 6) is -0.0542. The lowest BCUT2D eigenvalue weighted by Gasteiger charge is -2.18. The number of rotatable bonds is 1. The number of hydrogen-bond donors (Lipinski definition) is 1. The molecule has 0 radical (unpaired) electrons. The van der Waals surface area contributed by atoms with Gasteiger partial charge in [-0.2, -0.15) is 5.26 Å². The second kappa shape index (κ2) is 4.11. The van der Waals surface area contributed by atoms with E-state index in [2.05, 4.69) is 5.32 Å². The van der Waals surface area contributed by atoms with E-state index in [9.17, 15) is 4.79 Å². The van der Waals surface area contributed by atoms with Crippen LogP contribution < -0.4 is 10.2 Å². The van der Waals surface area contributed by atoms with Crippen LogP contribution in [0.4, 0.5) is 5.69 Å². The maximum Gasteiger partial charge on any atom is 0.241 e. The van der Waals surface area contributed by atoms with Crippen LogP contribution in [0.3, 0.4) is 0 Å². The smallest absolute Gasteiger partial charge is 0.241 e. The maximum atomic E-state index is 11.7. The van der Waals surface area contributed by atoms with Gasteiger partial charge in [0.1, 0.15) is 6.54 Å². The van der Waals surface area contributed by atoms with Gasteiger partial charge in [0.25, 0.3) is 0 Å². The van der Waals surface area contributed by atoms with Crippen molar-refractivity contribution in [1.29, 1.82) is 5.26 Å². The summed E-state index contributed by atoms with van der Waals surface area (Å²) in [7, 11) is 0. The summed E-state index contributed by atoms with van der Waals surface area (Å²) >= 11 is 0. The van der Waals surface area contributed by atoms with Crippen molar-refractivity contribution in [3.05, 3.63) is 29.8 Å². The number of para-hydroxylation sites is 1. The minimum Gasteiger partial charge on any atom is -0.304 e. The zero-order chi connectivity index (χ0) is 10.7. The molecule has 0 bridgehead atoms. The van der Waals surface area contributed by atoms with Crippen LogP contribution >= 0.6 is 0 Å². The molecule has 0 atom stereocenters. The van der Waals surface area contributed by atoms with E-state index in [1.807, 2.05) is 30.3 Å². The molecule has 15 heavy (non-hydrogen) atoms. The van der Waals surface area contributed by atoms with Crippen molar-refractivity contribution in [3.63, 3.8) is 0 Å². The summed E-state index contributed by atoms with van der Waals surface area (Å²) in [4.78, 5) is 13.2. The second-order valence-corrected chi connectivity index (χ2v) is 3.37. The molecular weight excluding hydrogens is 190 g/mol. The lowest BCUT2D eigenvalue weighted by molar-refractivity contribution is -0.117. The topological polar surface area (TPSA) is 56.1 Å².